The average Bonchev–Trinajstić information content (AvgIpc) is 2.62. The Balaban J connectivity index is 0.914. The van der Waals surface area contributed by atoms with Crippen LogP contribution in [0.25, 0.3) is 9.40 Å². The summed E-state index contributed by atoms with van der Waals surface area (Å²) in [5, 5.41) is 13.1. The SMILES string of the molecule is O=C(OC(c1ccccc1)c1ccccc1)C1=C(Sc2sc3ccsc3c(=O)c2Cl)CS[C@@H]2C(NC(=O)/C(=N\OC(c3ccccc3)(c3ccccc3)c3ccccc3)c3nc(NC(c4ccccc4)(c4ccccc4)c4ccccc4)sc3Cl)C(=O)N12. The minimum atomic E-state index is -1.46. The Labute approximate surface area is 537 Å². The number of aromatic nitrogens is 1. The van der Waals surface area contributed by atoms with E-state index in [4.69, 9.17) is 42.9 Å². The highest BCUT2D eigenvalue weighted by molar-refractivity contribution is 8.07. The molecule has 0 aliphatic carbocycles. The second-order valence-corrected chi connectivity index (χ2v) is 26.8. The molecule has 434 valence electrons. The number of β-lactam (4-membered cyclic amide) rings is 1. The van der Waals surface area contributed by atoms with Crippen LogP contribution >= 0.6 is 80.7 Å². The summed E-state index contributed by atoms with van der Waals surface area (Å²) in [6.45, 7) is 0. The summed E-state index contributed by atoms with van der Waals surface area (Å²) in [5.41, 5.74) is 3.04. The van der Waals surface area contributed by atoms with Crippen molar-refractivity contribution in [2.75, 3.05) is 11.1 Å². The first-order chi connectivity index (χ1) is 43.1. The number of carbonyl (C=O) groups excluding carboxylic acids is 3. The number of oxime groups is 1. The Morgan fingerprint density at radius 1 is 0.625 bits per heavy atom. The zero-order valence-corrected chi connectivity index (χ0v) is 51.9. The third-order valence-corrected chi connectivity index (χ3v) is 21.9. The highest BCUT2D eigenvalue weighted by Gasteiger charge is 2.56. The lowest BCUT2D eigenvalue weighted by atomic mass is 9.77. The van der Waals surface area contributed by atoms with Crippen LogP contribution in [0.4, 0.5) is 5.13 Å². The van der Waals surface area contributed by atoms with Gasteiger partial charge in [-0.15, -0.1) is 34.4 Å². The molecule has 88 heavy (non-hydrogen) atoms. The summed E-state index contributed by atoms with van der Waals surface area (Å²) < 4.78 is 8.34. The van der Waals surface area contributed by atoms with Crippen LogP contribution in [0.1, 0.15) is 56.3 Å². The number of thioether (sulfide) groups is 2. The molecule has 11 aromatic rings. The van der Waals surface area contributed by atoms with Gasteiger partial charge in [-0.2, -0.15) is 0 Å². The summed E-state index contributed by atoms with van der Waals surface area (Å²) in [5.74, 6) is -2.04. The lowest BCUT2D eigenvalue weighted by Crippen LogP contribution is -2.71. The van der Waals surface area contributed by atoms with E-state index in [9.17, 15) is 4.79 Å². The van der Waals surface area contributed by atoms with E-state index in [2.05, 4.69) is 10.6 Å². The molecule has 1 saturated heterocycles. The Morgan fingerprint density at radius 2 is 1.09 bits per heavy atom. The van der Waals surface area contributed by atoms with Crippen molar-refractivity contribution in [3.8, 4) is 0 Å². The number of hydrogen-bond donors (Lipinski definition) is 2. The molecule has 0 saturated carbocycles. The number of thiophene rings is 1. The smallest absolute Gasteiger partial charge is 0.356 e. The fraction of sp³-hybridized carbons (Fsp3) is 0.0857. The van der Waals surface area contributed by atoms with Gasteiger partial charge >= 0.3 is 5.97 Å². The zero-order chi connectivity index (χ0) is 60.2. The third-order valence-electron chi connectivity index (χ3n) is 15.2. The molecule has 0 radical (unpaired) electrons. The van der Waals surface area contributed by atoms with Crippen molar-refractivity contribution in [3.05, 3.63) is 334 Å². The number of ether oxygens (including phenoxy) is 1. The van der Waals surface area contributed by atoms with Gasteiger partial charge in [0.1, 0.15) is 37.7 Å². The van der Waals surface area contributed by atoms with Crippen LogP contribution in [-0.4, -0.2) is 50.5 Å². The van der Waals surface area contributed by atoms with Crippen LogP contribution < -0.4 is 16.1 Å². The van der Waals surface area contributed by atoms with Gasteiger partial charge in [0.15, 0.2) is 16.9 Å². The van der Waals surface area contributed by atoms with Crippen molar-refractivity contribution in [2.45, 2.75) is 32.9 Å². The highest BCUT2D eigenvalue weighted by Crippen LogP contribution is 2.50. The maximum Gasteiger partial charge on any atom is 0.356 e. The predicted molar refractivity (Wildman–Crippen MR) is 356 cm³/mol. The number of esters is 1. The number of carbonyl (C=O) groups is 3. The van der Waals surface area contributed by atoms with Crippen LogP contribution in [0.15, 0.2) is 279 Å². The van der Waals surface area contributed by atoms with E-state index in [1.165, 1.54) is 39.3 Å². The number of nitrogens with zero attached hydrogens (tertiary/aromatic N) is 3. The van der Waals surface area contributed by atoms with Crippen LogP contribution in [0.3, 0.4) is 0 Å². The molecule has 13 rings (SSSR count). The monoisotopic (exact) mass is 1290 g/mol. The normalized spacial score (nSPS) is 15.1. The minimum absolute atomic E-state index is 0.0126. The number of amides is 2. The van der Waals surface area contributed by atoms with Crippen molar-refractivity contribution >= 4 is 119 Å². The molecule has 1 unspecified atom stereocenters. The number of anilines is 1. The maximum absolute atomic E-state index is 15.8. The number of thiazole rings is 1. The fourth-order valence-electron chi connectivity index (χ4n) is 11.1. The molecule has 3 aromatic heterocycles. The van der Waals surface area contributed by atoms with E-state index in [0.29, 0.717) is 46.8 Å². The lowest BCUT2D eigenvalue weighted by molar-refractivity contribution is -0.154. The molecular formula is C70H49Cl2N5O6S5. The van der Waals surface area contributed by atoms with E-state index in [0.717, 1.165) is 44.5 Å². The fourth-order valence-corrected chi connectivity index (χ4v) is 17.4. The van der Waals surface area contributed by atoms with Gasteiger partial charge in [-0.05, 0) is 39.3 Å². The molecule has 11 nitrogen and oxygen atoms in total. The summed E-state index contributed by atoms with van der Waals surface area (Å²) in [4.78, 5) is 73.9. The van der Waals surface area contributed by atoms with Crippen molar-refractivity contribution in [3.63, 3.8) is 0 Å². The Bertz CT molecular complexity index is 4220. The van der Waals surface area contributed by atoms with E-state index in [1.54, 1.807) is 0 Å². The molecule has 8 aromatic carbocycles. The molecule has 0 bridgehead atoms. The molecule has 2 aliphatic heterocycles. The molecular weight excluding hydrogens is 1240 g/mol. The number of benzene rings is 8. The summed E-state index contributed by atoms with van der Waals surface area (Å²) in [7, 11) is 0. The number of hydrogen-bond acceptors (Lipinski definition) is 14. The number of nitrogens with one attached hydrogen (secondary N) is 2. The van der Waals surface area contributed by atoms with E-state index in [-0.39, 0.29) is 37.6 Å². The average molecular weight is 1290 g/mol. The summed E-state index contributed by atoms with van der Waals surface area (Å²) in [6.07, 6.45) is -0.871. The van der Waals surface area contributed by atoms with Crippen LogP contribution in [0.5, 0.6) is 0 Å². The molecule has 18 heteroatoms. The molecule has 1 fully saturated rings. The molecule has 2 amide bonds. The van der Waals surface area contributed by atoms with Crippen LogP contribution in [-0.2, 0) is 35.1 Å². The third kappa shape index (κ3) is 11.1. The summed E-state index contributed by atoms with van der Waals surface area (Å²) in [6, 6.07) is 78.2. The van der Waals surface area contributed by atoms with E-state index in [1.807, 2.05) is 254 Å². The molecule has 2 atom stereocenters. The Morgan fingerprint density at radius 3 is 1.58 bits per heavy atom. The molecule has 5 heterocycles. The summed E-state index contributed by atoms with van der Waals surface area (Å²) >= 11 is 20.5. The van der Waals surface area contributed by atoms with Crippen LogP contribution in [0, 0.1) is 0 Å². The van der Waals surface area contributed by atoms with E-state index < -0.39 is 46.4 Å². The van der Waals surface area contributed by atoms with Gasteiger partial charge < -0.3 is 20.2 Å². The van der Waals surface area contributed by atoms with Gasteiger partial charge in [-0.25, -0.2) is 9.78 Å². The van der Waals surface area contributed by atoms with Gasteiger partial charge in [-0.1, -0.05) is 294 Å². The van der Waals surface area contributed by atoms with Crippen molar-refractivity contribution in [1.29, 1.82) is 0 Å². The highest BCUT2D eigenvalue weighted by atomic mass is 35.5. The first kappa shape index (κ1) is 58.4. The first-order valence-electron chi connectivity index (χ1n) is 27.8. The van der Waals surface area contributed by atoms with Crippen molar-refractivity contribution in [1.82, 2.24) is 15.2 Å². The Kier molecular flexibility index (Phi) is 17.0. The predicted octanol–water partition coefficient (Wildman–Crippen LogP) is 15.9. The second-order valence-electron chi connectivity index (χ2n) is 20.4. The molecule has 0 spiro atoms. The first-order valence-corrected chi connectivity index (χ1v) is 33.0. The Hall–Kier alpha value is -8.58. The quantitative estimate of drug-likeness (QED) is 0.0264. The number of fused-ring (bicyclic) bond motifs is 2. The zero-order valence-electron chi connectivity index (χ0n) is 46.3. The lowest BCUT2D eigenvalue weighted by Gasteiger charge is -2.49. The molecule has 2 aliphatic rings. The number of rotatable bonds is 19. The largest absolute Gasteiger partial charge is 0.448 e. The van der Waals surface area contributed by atoms with Gasteiger partial charge in [-0.3, -0.25) is 19.3 Å². The van der Waals surface area contributed by atoms with Crippen molar-refractivity contribution < 1.29 is 24.0 Å². The van der Waals surface area contributed by atoms with Gasteiger partial charge in [0.2, 0.25) is 11.0 Å². The second kappa shape index (κ2) is 25.6. The number of halogens is 2. The van der Waals surface area contributed by atoms with Gasteiger partial charge in [0.25, 0.3) is 11.8 Å². The maximum atomic E-state index is 15.8. The van der Waals surface area contributed by atoms with Gasteiger partial charge in [0, 0.05) is 27.3 Å². The topological polar surface area (TPSA) is 139 Å². The van der Waals surface area contributed by atoms with E-state index >= 15 is 14.4 Å². The minimum Gasteiger partial charge on any atom is -0.448 e. The van der Waals surface area contributed by atoms with Gasteiger partial charge in [0.05, 0.1) is 13.6 Å². The standard InChI is InChI=1S/C70H49Cl2N5O6S5/c71-54-59(78)61-52(41-42-84-61)86-67(54)87-53-43-85-65-57(64(80)77(65)58(53)66(81)82-60(44-25-9-1-10-26-44)45-27-11-2-12-28-45)73-63(79)56(76-83-70(49-35-19-6-20-36-49,50-37-21-7-22-38-50)51-39-23-8-24-40-51)55-62(72)88-68(74-55)75-69(46-29-13-3-14-30-46,47-31-15-4-16-32-47)48-33-17-5-18-34-48/h1-42,57,60,65H,43H2,(H,73,79)(H,74,75)/b76-56-/t57?,65-/m1/s1. The van der Waals surface area contributed by atoms with Crippen molar-refractivity contribution in [2.24, 2.45) is 5.16 Å². The van der Waals surface area contributed by atoms with Crippen LogP contribution in [0.2, 0.25) is 9.36 Å². The molecule has 2 N–H and O–H groups in total.